The van der Waals surface area contributed by atoms with E-state index in [2.05, 4.69) is 27.6 Å². The second-order valence-electron chi connectivity index (χ2n) is 9.93. The van der Waals surface area contributed by atoms with E-state index in [1.807, 2.05) is 19.1 Å². The summed E-state index contributed by atoms with van der Waals surface area (Å²) in [5.41, 5.74) is 5.60. The van der Waals surface area contributed by atoms with Crippen LogP contribution in [0, 0.1) is 24.5 Å². The first-order valence-corrected chi connectivity index (χ1v) is 12.4. The Balaban J connectivity index is 1.19. The summed E-state index contributed by atoms with van der Waals surface area (Å²) >= 11 is 0. The molecule has 2 N–H and O–H groups in total. The maximum atomic E-state index is 14.3. The standard InChI is InChI=1S/C29H25F2N3O3/c1-15-11-18(6-8-21(15)23-3-2-4-24(30)26(23)31)28-33-27(34-37-28)17-5-9-22-16(12-17)7-10-25(22)32-20-13-19(14-20)29(35)36/h2-6,8-9,11-12,19-20,25,32H,7,10,13-14H2,1H3,(H,35,36). The Hall–Kier alpha value is -3.91. The van der Waals surface area contributed by atoms with E-state index in [1.165, 1.54) is 17.2 Å². The summed E-state index contributed by atoms with van der Waals surface area (Å²) in [4.78, 5) is 15.7. The van der Waals surface area contributed by atoms with Crippen LogP contribution in [0.3, 0.4) is 0 Å². The summed E-state index contributed by atoms with van der Waals surface area (Å²) in [6.45, 7) is 1.83. The monoisotopic (exact) mass is 501 g/mol. The Labute approximate surface area is 212 Å². The highest BCUT2D eigenvalue weighted by molar-refractivity contribution is 5.72. The molecular formula is C29H25F2N3O3. The molecule has 6 rings (SSSR count). The van der Waals surface area contributed by atoms with E-state index in [4.69, 9.17) is 9.63 Å². The lowest BCUT2D eigenvalue weighted by Crippen LogP contribution is -2.45. The summed E-state index contributed by atoms with van der Waals surface area (Å²) in [6, 6.07) is 16.1. The van der Waals surface area contributed by atoms with Crippen molar-refractivity contribution >= 4 is 5.97 Å². The number of aliphatic carboxylic acids is 1. The second-order valence-corrected chi connectivity index (χ2v) is 9.93. The maximum absolute atomic E-state index is 14.3. The fraction of sp³-hybridized carbons (Fsp3) is 0.276. The Morgan fingerprint density at radius 2 is 1.86 bits per heavy atom. The van der Waals surface area contributed by atoms with Crippen molar-refractivity contribution in [2.75, 3.05) is 0 Å². The van der Waals surface area contributed by atoms with Gasteiger partial charge in [0.25, 0.3) is 5.89 Å². The molecule has 3 aromatic carbocycles. The van der Waals surface area contributed by atoms with Crippen molar-refractivity contribution in [3.8, 4) is 34.0 Å². The van der Waals surface area contributed by atoms with Crippen molar-refractivity contribution in [3.63, 3.8) is 0 Å². The Bertz CT molecular complexity index is 1510. The number of carboxylic acid groups (broad SMARTS) is 1. The van der Waals surface area contributed by atoms with E-state index in [1.54, 1.807) is 18.2 Å². The van der Waals surface area contributed by atoms with Crippen LogP contribution in [0.25, 0.3) is 34.0 Å². The zero-order chi connectivity index (χ0) is 25.7. The minimum Gasteiger partial charge on any atom is -0.481 e. The Kier molecular flexibility index (Phi) is 5.83. The average molecular weight is 502 g/mol. The van der Waals surface area contributed by atoms with Gasteiger partial charge in [0.1, 0.15) is 0 Å². The lowest BCUT2D eigenvalue weighted by atomic mass is 9.80. The van der Waals surface area contributed by atoms with Crippen LogP contribution < -0.4 is 5.32 Å². The fourth-order valence-corrected chi connectivity index (χ4v) is 5.44. The van der Waals surface area contributed by atoms with Crippen molar-refractivity contribution in [2.45, 2.75) is 44.7 Å². The minimum atomic E-state index is -0.881. The van der Waals surface area contributed by atoms with Gasteiger partial charge in [-0.2, -0.15) is 4.98 Å². The first-order valence-electron chi connectivity index (χ1n) is 12.4. The number of aryl methyl sites for hydroxylation is 2. The first kappa shape index (κ1) is 23.5. The molecule has 1 saturated carbocycles. The second kappa shape index (κ2) is 9.19. The molecule has 1 fully saturated rings. The van der Waals surface area contributed by atoms with Gasteiger partial charge >= 0.3 is 5.97 Å². The van der Waals surface area contributed by atoms with Crippen LogP contribution in [0.15, 0.2) is 59.1 Å². The SMILES string of the molecule is Cc1cc(-c2nc(-c3ccc4c(c3)CCC4NC3CC(C(=O)O)C3)no2)ccc1-c1cccc(F)c1F. The number of fused-ring (bicyclic) bond motifs is 1. The van der Waals surface area contributed by atoms with Crippen LogP contribution in [0.1, 0.15) is 42.0 Å². The van der Waals surface area contributed by atoms with Gasteiger partial charge in [0, 0.05) is 28.8 Å². The molecule has 0 saturated heterocycles. The van der Waals surface area contributed by atoms with Gasteiger partial charge in [-0.25, -0.2) is 8.78 Å². The zero-order valence-electron chi connectivity index (χ0n) is 20.2. The lowest BCUT2D eigenvalue weighted by molar-refractivity contribution is -0.145. The van der Waals surface area contributed by atoms with Crippen LogP contribution >= 0.6 is 0 Å². The summed E-state index contributed by atoms with van der Waals surface area (Å²) in [5, 5.41) is 16.9. The molecular weight excluding hydrogens is 476 g/mol. The molecule has 2 aliphatic carbocycles. The van der Waals surface area contributed by atoms with Crippen molar-refractivity contribution in [2.24, 2.45) is 5.92 Å². The van der Waals surface area contributed by atoms with Crippen LogP contribution in [0.5, 0.6) is 0 Å². The summed E-state index contributed by atoms with van der Waals surface area (Å²) in [6.07, 6.45) is 3.27. The quantitative estimate of drug-likeness (QED) is 0.332. The fourth-order valence-electron chi connectivity index (χ4n) is 5.44. The molecule has 0 radical (unpaired) electrons. The summed E-state index contributed by atoms with van der Waals surface area (Å²) in [5.74, 6) is -1.85. The maximum Gasteiger partial charge on any atom is 0.306 e. The molecule has 188 valence electrons. The molecule has 37 heavy (non-hydrogen) atoms. The van der Waals surface area contributed by atoms with Gasteiger partial charge in [-0.05, 0) is 79.1 Å². The molecule has 0 aliphatic heterocycles. The van der Waals surface area contributed by atoms with E-state index < -0.39 is 17.6 Å². The minimum absolute atomic E-state index is 0.209. The summed E-state index contributed by atoms with van der Waals surface area (Å²) < 4.78 is 33.5. The van der Waals surface area contributed by atoms with Crippen molar-refractivity contribution in [1.82, 2.24) is 15.5 Å². The first-order chi connectivity index (χ1) is 17.9. The number of halogens is 2. The van der Waals surface area contributed by atoms with Gasteiger partial charge in [-0.15, -0.1) is 0 Å². The Morgan fingerprint density at radius 3 is 2.65 bits per heavy atom. The summed E-state index contributed by atoms with van der Waals surface area (Å²) in [7, 11) is 0. The molecule has 0 bridgehead atoms. The van der Waals surface area contributed by atoms with Crippen LogP contribution in [-0.2, 0) is 11.2 Å². The van der Waals surface area contributed by atoms with Gasteiger partial charge in [0.15, 0.2) is 11.6 Å². The van der Waals surface area contributed by atoms with E-state index >= 15 is 0 Å². The highest BCUT2D eigenvalue weighted by Gasteiger charge is 2.36. The third kappa shape index (κ3) is 4.31. The van der Waals surface area contributed by atoms with Crippen LogP contribution in [-0.4, -0.2) is 27.3 Å². The third-order valence-corrected chi connectivity index (χ3v) is 7.54. The van der Waals surface area contributed by atoms with Gasteiger partial charge in [-0.1, -0.05) is 35.5 Å². The number of benzene rings is 3. The number of nitrogens with zero attached hydrogens (tertiary/aromatic N) is 2. The number of nitrogens with one attached hydrogen (secondary N) is 1. The van der Waals surface area contributed by atoms with Gasteiger partial charge in [-0.3, -0.25) is 4.79 Å². The van der Waals surface area contributed by atoms with Gasteiger partial charge in [0.2, 0.25) is 5.82 Å². The molecule has 1 atom stereocenters. The number of rotatable bonds is 6. The van der Waals surface area contributed by atoms with E-state index in [9.17, 15) is 13.6 Å². The number of carboxylic acids is 1. The third-order valence-electron chi connectivity index (χ3n) is 7.54. The van der Waals surface area contributed by atoms with Gasteiger partial charge in [0.05, 0.1) is 5.92 Å². The molecule has 4 aromatic rings. The van der Waals surface area contributed by atoms with Crippen molar-refractivity contribution < 1.29 is 23.2 Å². The number of aromatic nitrogens is 2. The predicted octanol–water partition coefficient (Wildman–Crippen LogP) is 6.10. The Morgan fingerprint density at radius 1 is 1.05 bits per heavy atom. The van der Waals surface area contributed by atoms with E-state index in [-0.39, 0.29) is 23.6 Å². The zero-order valence-corrected chi connectivity index (χ0v) is 20.2. The van der Waals surface area contributed by atoms with Crippen LogP contribution in [0.2, 0.25) is 0 Å². The van der Waals surface area contributed by atoms with Gasteiger partial charge < -0.3 is 14.9 Å². The smallest absolute Gasteiger partial charge is 0.306 e. The molecule has 0 amide bonds. The largest absolute Gasteiger partial charge is 0.481 e. The highest BCUT2D eigenvalue weighted by Crippen LogP contribution is 2.37. The topological polar surface area (TPSA) is 88.2 Å². The number of carbonyl (C=O) groups is 1. The number of hydrogen-bond acceptors (Lipinski definition) is 5. The molecule has 1 aromatic heterocycles. The molecule has 2 aliphatic rings. The van der Waals surface area contributed by atoms with Crippen LogP contribution in [0.4, 0.5) is 8.78 Å². The molecule has 8 heteroatoms. The van der Waals surface area contributed by atoms with Crippen molar-refractivity contribution in [3.05, 3.63) is 82.9 Å². The molecule has 0 spiro atoms. The molecule has 6 nitrogen and oxygen atoms in total. The average Bonchev–Trinajstić information content (AvgIpc) is 3.50. The predicted molar refractivity (Wildman–Crippen MR) is 134 cm³/mol. The van der Waals surface area contributed by atoms with E-state index in [0.717, 1.165) is 30.0 Å². The normalized spacial score (nSPS) is 20.5. The van der Waals surface area contributed by atoms with Crippen molar-refractivity contribution in [1.29, 1.82) is 0 Å². The molecule has 1 heterocycles. The lowest BCUT2D eigenvalue weighted by Gasteiger charge is -2.35. The van der Waals surface area contributed by atoms with E-state index in [0.29, 0.717) is 35.7 Å². The molecule has 1 unspecified atom stereocenters. The number of hydrogen-bond donors (Lipinski definition) is 2. The highest BCUT2D eigenvalue weighted by atomic mass is 19.2.